The molecule has 0 saturated carbocycles. The highest BCUT2D eigenvalue weighted by molar-refractivity contribution is 8.18. The van der Waals surface area contributed by atoms with Crippen LogP contribution in [0.2, 0.25) is 10.0 Å². The molecule has 0 atom stereocenters. The van der Waals surface area contributed by atoms with Crippen molar-refractivity contribution < 1.29 is 9.21 Å². The van der Waals surface area contributed by atoms with E-state index in [0.717, 1.165) is 16.8 Å². The minimum Gasteiger partial charge on any atom is -0.457 e. The Bertz CT molecular complexity index is 1120. The van der Waals surface area contributed by atoms with Gasteiger partial charge in [-0.25, -0.2) is 4.99 Å². The van der Waals surface area contributed by atoms with Gasteiger partial charge in [-0.05, 0) is 61.2 Å². The Kier molecular flexibility index (Phi) is 5.31. The minimum absolute atomic E-state index is 0.210. The fourth-order valence-corrected chi connectivity index (χ4v) is 3.93. The lowest BCUT2D eigenvalue weighted by Crippen LogP contribution is -2.19. The molecule has 28 heavy (non-hydrogen) atoms. The third kappa shape index (κ3) is 4.17. The highest BCUT2D eigenvalue weighted by Gasteiger charge is 2.24. The van der Waals surface area contributed by atoms with Crippen LogP contribution in [0.15, 0.2) is 68.9 Å². The van der Waals surface area contributed by atoms with Crippen molar-refractivity contribution in [1.29, 1.82) is 0 Å². The van der Waals surface area contributed by atoms with Crippen LogP contribution in [0.25, 0.3) is 17.4 Å². The number of amides is 1. The molecule has 140 valence electrons. The maximum absolute atomic E-state index is 12.2. The second-order valence-corrected chi connectivity index (χ2v) is 8.02. The van der Waals surface area contributed by atoms with Gasteiger partial charge in [0.25, 0.3) is 5.91 Å². The lowest BCUT2D eigenvalue weighted by molar-refractivity contribution is -0.115. The molecule has 4 nitrogen and oxygen atoms in total. The number of halogens is 2. The van der Waals surface area contributed by atoms with Crippen LogP contribution in [-0.2, 0) is 4.79 Å². The molecule has 7 heteroatoms. The summed E-state index contributed by atoms with van der Waals surface area (Å²) in [5.41, 5.74) is 2.68. The standard InChI is InChI=1S/C21H14Cl2N2O2S/c1-12-2-5-14(6-3-12)24-21-25-20(26)19(28-21)11-15-7-9-18(27-15)16-8-4-13(22)10-17(16)23/h2-11H,1H3,(H,24,25,26)/b19-11-. The van der Waals surface area contributed by atoms with Gasteiger partial charge in [0, 0.05) is 16.7 Å². The molecule has 1 aromatic heterocycles. The fraction of sp³-hybridized carbons (Fsp3) is 0.0476. The number of aliphatic imine (C=N–C) groups is 1. The molecule has 1 aliphatic heterocycles. The molecule has 1 N–H and O–H groups in total. The predicted octanol–water partition coefficient (Wildman–Crippen LogP) is 6.45. The lowest BCUT2D eigenvalue weighted by Gasteiger charge is -2.00. The summed E-state index contributed by atoms with van der Waals surface area (Å²) in [5, 5.41) is 4.36. The average molecular weight is 429 g/mol. The van der Waals surface area contributed by atoms with E-state index in [1.165, 1.54) is 11.8 Å². The Morgan fingerprint density at radius 3 is 2.61 bits per heavy atom. The van der Waals surface area contributed by atoms with E-state index in [1.807, 2.05) is 31.2 Å². The van der Waals surface area contributed by atoms with E-state index in [4.69, 9.17) is 27.6 Å². The number of hydrogen-bond acceptors (Lipinski definition) is 4. The zero-order valence-corrected chi connectivity index (χ0v) is 17.0. The number of furan rings is 1. The van der Waals surface area contributed by atoms with Crippen LogP contribution in [0.3, 0.4) is 0 Å². The summed E-state index contributed by atoms with van der Waals surface area (Å²) in [5.74, 6) is 0.944. The number of benzene rings is 2. The molecule has 0 unspecified atom stereocenters. The summed E-state index contributed by atoms with van der Waals surface area (Å²) in [6.07, 6.45) is 1.69. The number of thioether (sulfide) groups is 1. The minimum atomic E-state index is -0.210. The molecule has 1 saturated heterocycles. The predicted molar refractivity (Wildman–Crippen MR) is 116 cm³/mol. The summed E-state index contributed by atoms with van der Waals surface area (Å²) >= 11 is 13.4. The molecule has 1 amide bonds. The van der Waals surface area contributed by atoms with Crippen LogP contribution < -0.4 is 5.32 Å². The third-order valence-corrected chi connectivity index (χ3v) is 5.47. The van der Waals surface area contributed by atoms with Gasteiger partial charge >= 0.3 is 0 Å². The van der Waals surface area contributed by atoms with Crippen molar-refractivity contribution in [3.63, 3.8) is 0 Å². The second-order valence-electron chi connectivity index (χ2n) is 6.14. The van der Waals surface area contributed by atoms with Crippen molar-refractivity contribution in [3.8, 4) is 11.3 Å². The van der Waals surface area contributed by atoms with Crippen molar-refractivity contribution in [2.75, 3.05) is 0 Å². The number of carbonyl (C=O) groups excluding carboxylic acids is 1. The van der Waals surface area contributed by atoms with Crippen LogP contribution in [-0.4, -0.2) is 11.1 Å². The van der Waals surface area contributed by atoms with Gasteiger partial charge in [0.2, 0.25) is 0 Å². The first kappa shape index (κ1) is 18.9. The molecular formula is C21H14Cl2N2O2S. The van der Waals surface area contributed by atoms with Gasteiger partial charge in [0.15, 0.2) is 5.17 Å². The summed E-state index contributed by atoms with van der Waals surface area (Å²) in [6.45, 7) is 2.01. The zero-order valence-electron chi connectivity index (χ0n) is 14.7. The van der Waals surface area contributed by atoms with Gasteiger partial charge < -0.3 is 9.73 Å². The van der Waals surface area contributed by atoms with Gasteiger partial charge in [-0.15, -0.1) is 0 Å². The van der Waals surface area contributed by atoms with Gasteiger partial charge in [-0.2, -0.15) is 0 Å². The number of nitrogens with zero attached hydrogens (tertiary/aromatic N) is 1. The van der Waals surface area contributed by atoms with Crippen molar-refractivity contribution in [3.05, 3.63) is 80.9 Å². The third-order valence-electron chi connectivity index (χ3n) is 4.01. The molecule has 0 aliphatic carbocycles. The molecular weight excluding hydrogens is 415 g/mol. The SMILES string of the molecule is Cc1ccc(N=C2NC(=O)/C(=C/c3ccc(-c4ccc(Cl)cc4Cl)o3)S2)cc1. The van der Waals surface area contributed by atoms with E-state index in [2.05, 4.69) is 10.3 Å². The van der Waals surface area contributed by atoms with Gasteiger partial charge in [-0.3, -0.25) is 4.79 Å². The highest BCUT2D eigenvalue weighted by atomic mass is 35.5. The summed E-state index contributed by atoms with van der Waals surface area (Å²) < 4.78 is 5.83. The Morgan fingerprint density at radius 1 is 1.07 bits per heavy atom. The highest BCUT2D eigenvalue weighted by Crippen LogP contribution is 2.33. The molecule has 0 radical (unpaired) electrons. The van der Waals surface area contributed by atoms with Crippen LogP contribution in [0, 0.1) is 6.92 Å². The first-order valence-electron chi connectivity index (χ1n) is 8.39. The topological polar surface area (TPSA) is 54.6 Å². The normalized spacial score (nSPS) is 16.8. The number of aryl methyl sites for hydroxylation is 1. The number of amidine groups is 1. The van der Waals surface area contributed by atoms with E-state index < -0.39 is 0 Å². The Labute approximate surface area is 176 Å². The summed E-state index contributed by atoms with van der Waals surface area (Å²) in [4.78, 5) is 17.2. The summed E-state index contributed by atoms with van der Waals surface area (Å²) in [6, 6.07) is 16.6. The van der Waals surface area contributed by atoms with Gasteiger partial charge in [0.1, 0.15) is 11.5 Å². The molecule has 1 fully saturated rings. The van der Waals surface area contributed by atoms with Gasteiger partial charge in [-0.1, -0.05) is 40.9 Å². The van der Waals surface area contributed by atoms with E-state index in [9.17, 15) is 4.79 Å². The molecule has 0 spiro atoms. The van der Waals surface area contributed by atoms with Crippen molar-refractivity contribution >= 4 is 57.8 Å². The van der Waals surface area contributed by atoms with Crippen LogP contribution in [0.1, 0.15) is 11.3 Å². The zero-order chi connectivity index (χ0) is 19.7. The van der Waals surface area contributed by atoms with Crippen molar-refractivity contribution in [1.82, 2.24) is 5.32 Å². The molecule has 2 heterocycles. The maximum Gasteiger partial charge on any atom is 0.264 e. The van der Waals surface area contributed by atoms with Crippen molar-refractivity contribution in [2.24, 2.45) is 4.99 Å². The quantitative estimate of drug-likeness (QED) is 0.487. The van der Waals surface area contributed by atoms with E-state index in [1.54, 1.807) is 36.4 Å². The average Bonchev–Trinajstić information content (AvgIpc) is 3.24. The monoisotopic (exact) mass is 428 g/mol. The maximum atomic E-state index is 12.2. The first-order valence-corrected chi connectivity index (χ1v) is 9.97. The Hall–Kier alpha value is -2.47. The number of carbonyl (C=O) groups is 1. The van der Waals surface area contributed by atoms with Crippen LogP contribution >= 0.6 is 35.0 Å². The van der Waals surface area contributed by atoms with Crippen LogP contribution in [0.4, 0.5) is 5.69 Å². The Balaban J connectivity index is 1.55. The number of nitrogens with one attached hydrogen (secondary N) is 1. The van der Waals surface area contributed by atoms with Gasteiger partial charge in [0.05, 0.1) is 15.6 Å². The van der Waals surface area contributed by atoms with Crippen molar-refractivity contribution in [2.45, 2.75) is 6.92 Å². The fourth-order valence-electron chi connectivity index (χ4n) is 2.61. The smallest absolute Gasteiger partial charge is 0.264 e. The van der Waals surface area contributed by atoms with Crippen LogP contribution in [0.5, 0.6) is 0 Å². The largest absolute Gasteiger partial charge is 0.457 e. The first-order chi connectivity index (χ1) is 13.5. The second kappa shape index (κ2) is 7.87. The van der Waals surface area contributed by atoms with E-state index >= 15 is 0 Å². The van der Waals surface area contributed by atoms with E-state index in [0.29, 0.717) is 31.6 Å². The van der Waals surface area contributed by atoms with E-state index in [-0.39, 0.29) is 5.91 Å². The molecule has 3 aromatic rings. The Morgan fingerprint density at radius 2 is 1.86 bits per heavy atom. The molecule has 0 bridgehead atoms. The molecule has 1 aliphatic rings. The lowest BCUT2D eigenvalue weighted by atomic mass is 10.2. The molecule has 2 aromatic carbocycles. The molecule has 4 rings (SSSR count). The number of rotatable bonds is 3. The summed E-state index contributed by atoms with van der Waals surface area (Å²) in [7, 11) is 0. The number of hydrogen-bond donors (Lipinski definition) is 1.